The van der Waals surface area contributed by atoms with Crippen molar-refractivity contribution in [2.24, 2.45) is 15.4 Å². The standard InChI is InChI=1S/C22H26F3N7O4S/c1-11-5-6-14-17(11)29-15-4-2-3-13(15)18(14)30-21(34)31-37(26,35)16-8-28-32-9-12(10-36-19(16)32)7-27-20(33)22(23,24)25/h8,11-12H,2-7,9-10H2,1H3,(H,27,33)(H3,26,29,30,31,34,35). The minimum Gasteiger partial charge on any atom is -0.476 e. The second-order valence-corrected chi connectivity index (χ2v) is 11.3. The number of hydrogen-bond donors (Lipinski definition) is 3. The lowest BCUT2D eigenvalue weighted by Gasteiger charge is -2.25. The van der Waals surface area contributed by atoms with Gasteiger partial charge in [0.05, 0.1) is 25.0 Å². The molecule has 2 aromatic heterocycles. The fourth-order valence-electron chi connectivity index (χ4n) is 5.04. The summed E-state index contributed by atoms with van der Waals surface area (Å²) in [5.74, 6) is -2.26. The molecule has 1 aliphatic heterocycles. The van der Waals surface area contributed by atoms with Crippen LogP contribution >= 0.6 is 0 Å². The van der Waals surface area contributed by atoms with Crippen LogP contribution in [-0.4, -0.2) is 50.2 Å². The van der Waals surface area contributed by atoms with E-state index in [1.165, 1.54) is 4.68 Å². The number of fused-ring (bicyclic) bond motifs is 3. The summed E-state index contributed by atoms with van der Waals surface area (Å²) in [5, 5.41) is 14.6. The number of urea groups is 1. The van der Waals surface area contributed by atoms with Gasteiger partial charge in [-0.25, -0.2) is 18.8 Å². The Labute approximate surface area is 210 Å². The Hall–Kier alpha value is -3.20. The van der Waals surface area contributed by atoms with Crippen LogP contribution in [-0.2, 0) is 40.5 Å². The molecule has 3 atom stereocenters. The lowest BCUT2D eigenvalue weighted by molar-refractivity contribution is -0.173. The Bertz CT molecular complexity index is 1400. The molecule has 4 N–H and O–H groups in total. The van der Waals surface area contributed by atoms with Crippen molar-refractivity contribution >= 4 is 27.5 Å². The van der Waals surface area contributed by atoms with E-state index in [0.29, 0.717) is 5.69 Å². The van der Waals surface area contributed by atoms with Gasteiger partial charge in [-0.05, 0) is 49.1 Å². The average Bonchev–Trinajstić information content (AvgIpc) is 3.55. The molecule has 0 bridgehead atoms. The summed E-state index contributed by atoms with van der Waals surface area (Å²) < 4.78 is 61.1. The summed E-state index contributed by atoms with van der Waals surface area (Å²) >= 11 is 0. The Morgan fingerprint density at radius 2 is 2.08 bits per heavy atom. The molecular weight excluding hydrogens is 515 g/mol. The normalized spacial score (nSPS) is 21.8. The number of ether oxygens (including phenoxy) is 1. The molecule has 2 aromatic rings. The van der Waals surface area contributed by atoms with Crippen LogP contribution < -0.4 is 20.5 Å². The average molecular weight is 542 g/mol. The fourth-order valence-corrected chi connectivity index (χ4v) is 6.05. The third kappa shape index (κ3) is 4.89. The van der Waals surface area contributed by atoms with E-state index in [9.17, 15) is 27.0 Å². The van der Waals surface area contributed by atoms with Crippen LogP contribution in [0.15, 0.2) is 15.5 Å². The van der Waals surface area contributed by atoms with Crippen molar-refractivity contribution in [2.45, 2.75) is 62.6 Å². The molecule has 5 rings (SSSR count). The van der Waals surface area contributed by atoms with Crippen molar-refractivity contribution in [2.75, 3.05) is 18.5 Å². The first-order valence-electron chi connectivity index (χ1n) is 11.9. The number of nitrogens with zero attached hydrogens (tertiary/aromatic N) is 4. The second-order valence-electron chi connectivity index (χ2n) is 9.54. The van der Waals surface area contributed by atoms with Crippen molar-refractivity contribution in [3.8, 4) is 5.88 Å². The monoisotopic (exact) mass is 541 g/mol. The number of nitrogens with two attached hydrogens (primary N) is 1. The first-order chi connectivity index (χ1) is 17.4. The molecule has 0 radical (unpaired) electrons. The summed E-state index contributed by atoms with van der Waals surface area (Å²) in [5.41, 5.74) is 4.59. The number of pyridine rings is 1. The zero-order valence-corrected chi connectivity index (χ0v) is 20.7. The number of aromatic nitrogens is 3. The third-order valence-electron chi connectivity index (χ3n) is 6.87. The number of hydrogen-bond acceptors (Lipinski definition) is 6. The maximum Gasteiger partial charge on any atom is 0.471 e. The smallest absolute Gasteiger partial charge is 0.471 e. The van der Waals surface area contributed by atoms with Gasteiger partial charge in [-0.2, -0.15) is 18.3 Å². The predicted octanol–water partition coefficient (Wildman–Crippen LogP) is 2.44. The van der Waals surface area contributed by atoms with E-state index < -0.39 is 33.9 Å². The van der Waals surface area contributed by atoms with Crippen LogP contribution in [0.25, 0.3) is 0 Å². The largest absolute Gasteiger partial charge is 0.476 e. The topological polar surface area (TPSA) is 154 Å². The van der Waals surface area contributed by atoms with Crippen molar-refractivity contribution in [3.63, 3.8) is 0 Å². The Morgan fingerprint density at radius 1 is 1.30 bits per heavy atom. The molecule has 0 aromatic carbocycles. The van der Waals surface area contributed by atoms with Crippen LogP contribution in [0.3, 0.4) is 0 Å². The van der Waals surface area contributed by atoms with Gasteiger partial charge in [0.25, 0.3) is 0 Å². The predicted molar refractivity (Wildman–Crippen MR) is 125 cm³/mol. The fraction of sp³-hybridized carbons (Fsp3) is 0.545. The molecular formula is C22H26F3N7O4S. The Kier molecular flexibility index (Phi) is 6.38. The summed E-state index contributed by atoms with van der Waals surface area (Å²) in [6, 6.07) is -0.863. The van der Waals surface area contributed by atoms with Gasteiger partial charge < -0.3 is 15.4 Å². The highest BCUT2D eigenvalue weighted by atomic mass is 32.2. The number of amides is 3. The van der Waals surface area contributed by atoms with Gasteiger partial charge in [-0.1, -0.05) is 6.92 Å². The molecule has 15 heteroatoms. The number of anilines is 1. The number of alkyl halides is 3. The molecule has 200 valence electrons. The SMILES string of the molecule is CC1CCc2c1nc1c(c2NC(=O)N=S(N)(=O)c2cnn3c2OCC(CNC(=O)C(F)(F)F)C3)CCC1. The van der Waals surface area contributed by atoms with E-state index in [2.05, 4.69) is 21.7 Å². The zero-order valence-electron chi connectivity index (χ0n) is 19.9. The van der Waals surface area contributed by atoms with Crippen LogP contribution in [0.4, 0.5) is 23.7 Å². The molecule has 3 unspecified atom stereocenters. The lowest BCUT2D eigenvalue weighted by atomic mass is 10.0. The zero-order chi connectivity index (χ0) is 26.5. The summed E-state index contributed by atoms with van der Waals surface area (Å²) in [4.78, 5) is 28.7. The molecule has 2 aliphatic carbocycles. The van der Waals surface area contributed by atoms with Crippen molar-refractivity contribution in [3.05, 3.63) is 28.7 Å². The summed E-state index contributed by atoms with van der Waals surface area (Å²) in [7, 11) is -3.76. The molecule has 0 spiro atoms. The lowest BCUT2D eigenvalue weighted by Crippen LogP contribution is -2.42. The van der Waals surface area contributed by atoms with Crippen molar-refractivity contribution < 1.29 is 31.7 Å². The first-order valence-corrected chi connectivity index (χ1v) is 13.5. The van der Waals surface area contributed by atoms with E-state index in [1.54, 1.807) is 5.32 Å². The van der Waals surface area contributed by atoms with Crippen LogP contribution in [0.2, 0.25) is 0 Å². The quantitative estimate of drug-likeness (QED) is 0.540. The molecule has 3 heterocycles. The molecule has 11 nitrogen and oxygen atoms in total. The Morgan fingerprint density at radius 3 is 2.84 bits per heavy atom. The van der Waals surface area contributed by atoms with Crippen molar-refractivity contribution in [1.82, 2.24) is 20.1 Å². The van der Waals surface area contributed by atoms with Crippen LogP contribution in [0.1, 0.15) is 48.2 Å². The molecule has 0 fully saturated rings. The van der Waals surface area contributed by atoms with Gasteiger partial charge in [0.1, 0.15) is 4.90 Å². The highest BCUT2D eigenvalue weighted by Crippen LogP contribution is 2.41. The number of nitrogens with one attached hydrogen (secondary N) is 2. The number of carbonyl (C=O) groups is 2. The third-order valence-corrected chi connectivity index (χ3v) is 8.22. The maximum absolute atomic E-state index is 13.3. The summed E-state index contributed by atoms with van der Waals surface area (Å²) in [6.07, 6.45) is 0.445. The van der Waals surface area contributed by atoms with Gasteiger partial charge in [-0.3, -0.25) is 9.78 Å². The number of aryl methyl sites for hydroxylation is 1. The van der Waals surface area contributed by atoms with E-state index in [0.717, 1.165) is 60.8 Å². The number of halogens is 3. The van der Waals surface area contributed by atoms with Crippen LogP contribution in [0, 0.1) is 5.92 Å². The van der Waals surface area contributed by atoms with E-state index >= 15 is 0 Å². The van der Waals surface area contributed by atoms with Gasteiger partial charge in [0, 0.05) is 23.9 Å². The molecule has 37 heavy (non-hydrogen) atoms. The maximum atomic E-state index is 13.3. The Balaban J connectivity index is 1.33. The van der Waals surface area contributed by atoms with Gasteiger partial charge in [0.2, 0.25) is 5.88 Å². The van der Waals surface area contributed by atoms with Crippen molar-refractivity contribution in [1.29, 1.82) is 0 Å². The molecule has 3 amide bonds. The first kappa shape index (κ1) is 25.4. The second kappa shape index (κ2) is 9.28. The van der Waals surface area contributed by atoms with E-state index in [1.807, 2.05) is 0 Å². The molecule has 3 aliphatic rings. The number of rotatable bonds is 4. The van der Waals surface area contributed by atoms with E-state index in [4.69, 9.17) is 14.9 Å². The summed E-state index contributed by atoms with van der Waals surface area (Å²) in [6.45, 7) is 1.81. The van der Waals surface area contributed by atoms with Gasteiger partial charge in [0.15, 0.2) is 9.92 Å². The van der Waals surface area contributed by atoms with Gasteiger partial charge in [-0.15, -0.1) is 4.36 Å². The molecule has 0 saturated carbocycles. The highest BCUT2D eigenvalue weighted by molar-refractivity contribution is 7.91. The van der Waals surface area contributed by atoms with Gasteiger partial charge >= 0.3 is 18.1 Å². The molecule has 0 saturated heterocycles. The minimum absolute atomic E-state index is 0.0157. The number of carbonyl (C=O) groups excluding carboxylic acids is 2. The van der Waals surface area contributed by atoms with Crippen LogP contribution in [0.5, 0.6) is 5.88 Å². The highest BCUT2D eigenvalue weighted by Gasteiger charge is 2.39. The minimum atomic E-state index is -4.98. The van der Waals surface area contributed by atoms with E-state index in [-0.39, 0.29) is 36.4 Å².